The molecular formula is C29H23IN2O4. The molecule has 0 spiro atoms. The zero-order valence-electron chi connectivity index (χ0n) is 19.3. The van der Waals surface area contributed by atoms with E-state index in [9.17, 15) is 14.7 Å². The number of carbonyl (C=O) groups excluding carboxylic acids is 2. The van der Waals surface area contributed by atoms with Crippen molar-refractivity contribution in [2.75, 3.05) is 11.9 Å². The zero-order chi connectivity index (χ0) is 25.1. The molecule has 1 aliphatic carbocycles. The molecule has 3 aromatic carbocycles. The number of pyridine rings is 1. The van der Waals surface area contributed by atoms with Gasteiger partial charge in [0.05, 0.1) is 16.8 Å². The molecule has 0 saturated carbocycles. The molecule has 0 saturated heterocycles. The Bertz CT molecular complexity index is 1500. The van der Waals surface area contributed by atoms with Crippen LogP contribution in [0.1, 0.15) is 40.0 Å². The lowest BCUT2D eigenvalue weighted by Gasteiger charge is -2.22. The first kappa shape index (κ1) is 24.0. The summed E-state index contributed by atoms with van der Waals surface area (Å²) in [5.41, 5.74) is 5.41. The van der Waals surface area contributed by atoms with Gasteiger partial charge in [-0.15, -0.1) is 0 Å². The molecule has 4 aromatic rings. The Hall–Kier alpha value is -3.72. The summed E-state index contributed by atoms with van der Waals surface area (Å²) >= 11 is 2.17. The van der Waals surface area contributed by atoms with Crippen LogP contribution in [0.3, 0.4) is 0 Å². The molecule has 180 valence electrons. The lowest BCUT2D eigenvalue weighted by molar-refractivity contribution is -0.119. The van der Waals surface area contributed by atoms with Crippen molar-refractivity contribution in [1.82, 2.24) is 4.98 Å². The van der Waals surface area contributed by atoms with E-state index in [1.165, 1.54) is 0 Å². The molecule has 0 atom stereocenters. The van der Waals surface area contributed by atoms with Crippen molar-refractivity contribution in [3.63, 3.8) is 0 Å². The zero-order valence-corrected chi connectivity index (χ0v) is 21.5. The number of hydrogen-bond donors (Lipinski definition) is 2. The predicted octanol–water partition coefficient (Wildman–Crippen LogP) is 6.22. The molecule has 0 unspecified atom stereocenters. The number of ether oxygens (including phenoxy) is 1. The van der Waals surface area contributed by atoms with Gasteiger partial charge in [0, 0.05) is 14.6 Å². The van der Waals surface area contributed by atoms with Gasteiger partial charge in [-0.2, -0.15) is 0 Å². The normalized spacial score (nSPS) is 13.9. The maximum absolute atomic E-state index is 13.4. The molecular weight excluding hydrogens is 567 g/mol. The molecule has 0 radical (unpaired) electrons. The number of rotatable bonds is 5. The minimum atomic E-state index is -0.534. The van der Waals surface area contributed by atoms with E-state index >= 15 is 0 Å². The van der Waals surface area contributed by atoms with E-state index in [0.717, 1.165) is 38.8 Å². The molecule has 2 N–H and O–H groups in total. The van der Waals surface area contributed by atoms with Gasteiger partial charge in [-0.1, -0.05) is 36.4 Å². The van der Waals surface area contributed by atoms with Gasteiger partial charge in [0.2, 0.25) is 0 Å². The molecule has 5 rings (SSSR count). The average molecular weight is 590 g/mol. The average Bonchev–Trinajstić information content (AvgIpc) is 2.87. The molecule has 7 heteroatoms. The molecule has 1 amide bonds. The van der Waals surface area contributed by atoms with Crippen molar-refractivity contribution in [2.45, 2.75) is 19.3 Å². The first-order valence-electron chi connectivity index (χ1n) is 11.6. The van der Waals surface area contributed by atoms with Crippen LogP contribution >= 0.6 is 22.6 Å². The number of phenols is 1. The second kappa shape index (κ2) is 10.5. The van der Waals surface area contributed by atoms with Gasteiger partial charge in [0.1, 0.15) is 5.75 Å². The quantitative estimate of drug-likeness (QED) is 0.213. The summed E-state index contributed by atoms with van der Waals surface area (Å²) in [5, 5.41) is 13.1. The number of phenolic OH excluding ortho intramolecular Hbond substituents is 1. The highest BCUT2D eigenvalue weighted by molar-refractivity contribution is 14.1. The number of esters is 1. The Labute approximate surface area is 222 Å². The summed E-state index contributed by atoms with van der Waals surface area (Å²) in [6.07, 6.45) is 4.43. The van der Waals surface area contributed by atoms with Crippen molar-refractivity contribution in [3.05, 3.63) is 98.8 Å². The van der Waals surface area contributed by atoms with Crippen molar-refractivity contribution in [3.8, 4) is 5.75 Å². The SMILES string of the molecule is O=C(COC(=O)c1c2c(nc3ccccc13)/C(=C\c1ccc(O)cc1)CCC2)Nc1cccc(I)c1. The fraction of sp³-hybridized carbons (Fsp3) is 0.138. The number of carbonyl (C=O) groups is 2. The molecule has 36 heavy (non-hydrogen) atoms. The van der Waals surface area contributed by atoms with Crippen LogP contribution in [0.5, 0.6) is 5.75 Å². The highest BCUT2D eigenvalue weighted by atomic mass is 127. The molecule has 6 nitrogen and oxygen atoms in total. The maximum atomic E-state index is 13.4. The van der Waals surface area contributed by atoms with Gasteiger partial charge in [-0.3, -0.25) is 4.79 Å². The number of nitrogens with zero attached hydrogens (tertiary/aromatic N) is 1. The number of anilines is 1. The number of benzene rings is 3. The van der Waals surface area contributed by atoms with Crippen LogP contribution in [0.4, 0.5) is 5.69 Å². The number of nitrogens with one attached hydrogen (secondary N) is 1. The predicted molar refractivity (Wildman–Crippen MR) is 149 cm³/mol. The Balaban J connectivity index is 1.46. The molecule has 0 aliphatic heterocycles. The molecule has 1 aromatic heterocycles. The number of para-hydroxylation sites is 1. The van der Waals surface area contributed by atoms with Crippen LogP contribution < -0.4 is 5.32 Å². The van der Waals surface area contributed by atoms with Gasteiger partial charge in [0.15, 0.2) is 6.61 Å². The van der Waals surface area contributed by atoms with Gasteiger partial charge in [-0.05, 0) is 101 Å². The monoisotopic (exact) mass is 590 g/mol. The lowest BCUT2D eigenvalue weighted by Crippen LogP contribution is -2.22. The molecule has 1 heterocycles. The van der Waals surface area contributed by atoms with Crippen LogP contribution in [0.2, 0.25) is 0 Å². The van der Waals surface area contributed by atoms with Gasteiger partial charge in [0.25, 0.3) is 5.91 Å². The first-order chi connectivity index (χ1) is 17.5. The van der Waals surface area contributed by atoms with Crippen LogP contribution in [-0.2, 0) is 16.0 Å². The van der Waals surface area contributed by atoms with Crippen LogP contribution in [0, 0.1) is 3.57 Å². The van der Waals surface area contributed by atoms with E-state index in [1.54, 1.807) is 18.2 Å². The van der Waals surface area contributed by atoms with E-state index in [2.05, 4.69) is 27.9 Å². The second-order valence-corrected chi connectivity index (χ2v) is 9.83. The molecule has 0 fully saturated rings. The highest BCUT2D eigenvalue weighted by Gasteiger charge is 2.26. The second-order valence-electron chi connectivity index (χ2n) is 8.58. The minimum absolute atomic E-state index is 0.210. The Morgan fingerprint density at radius 3 is 2.64 bits per heavy atom. The maximum Gasteiger partial charge on any atom is 0.339 e. The number of hydrogen-bond acceptors (Lipinski definition) is 5. The van der Waals surface area contributed by atoms with E-state index in [-0.39, 0.29) is 12.4 Å². The Morgan fingerprint density at radius 1 is 1.03 bits per heavy atom. The third kappa shape index (κ3) is 5.26. The number of amides is 1. The van der Waals surface area contributed by atoms with E-state index < -0.39 is 11.9 Å². The first-order valence-corrected chi connectivity index (χ1v) is 12.7. The smallest absolute Gasteiger partial charge is 0.339 e. The molecule has 0 bridgehead atoms. The van der Waals surface area contributed by atoms with Crippen molar-refractivity contribution >= 4 is 62.7 Å². The summed E-state index contributed by atoms with van der Waals surface area (Å²) in [6, 6.07) is 21.9. The van der Waals surface area contributed by atoms with Crippen LogP contribution in [0.25, 0.3) is 22.6 Å². The van der Waals surface area contributed by atoms with Gasteiger partial charge >= 0.3 is 5.97 Å². The number of fused-ring (bicyclic) bond motifs is 2. The fourth-order valence-electron chi connectivity index (χ4n) is 4.45. The summed E-state index contributed by atoms with van der Waals surface area (Å²) in [4.78, 5) is 30.7. The largest absolute Gasteiger partial charge is 0.508 e. The summed E-state index contributed by atoms with van der Waals surface area (Å²) in [5.74, 6) is -0.722. The van der Waals surface area contributed by atoms with E-state index in [4.69, 9.17) is 9.72 Å². The highest BCUT2D eigenvalue weighted by Crippen LogP contribution is 2.36. The number of halogens is 1. The van der Waals surface area contributed by atoms with E-state index in [0.29, 0.717) is 28.6 Å². The van der Waals surface area contributed by atoms with Gasteiger partial charge < -0.3 is 15.2 Å². The van der Waals surface area contributed by atoms with Gasteiger partial charge in [-0.25, -0.2) is 9.78 Å². The fourth-order valence-corrected chi connectivity index (χ4v) is 4.99. The van der Waals surface area contributed by atoms with Crippen molar-refractivity contribution in [1.29, 1.82) is 0 Å². The molecule has 1 aliphatic rings. The Kier molecular flexibility index (Phi) is 6.99. The number of aromatic nitrogens is 1. The van der Waals surface area contributed by atoms with Crippen molar-refractivity contribution in [2.24, 2.45) is 0 Å². The lowest BCUT2D eigenvalue weighted by atomic mass is 9.86. The van der Waals surface area contributed by atoms with E-state index in [1.807, 2.05) is 60.7 Å². The third-order valence-electron chi connectivity index (χ3n) is 6.05. The minimum Gasteiger partial charge on any atom is -0.508 e. The summed E-state index contributed by atoms with van der Waals surface area (Å²) < 4.78 is 6.50. The standard InChI is InChI=1S/C29H23IN2O4/c30-20-6-4-7-21(16-20)31-26(34)17-36-29(35)27-23-8-1-2-10-25(23)32-28-19(5-3-9-24(27)28)15-18-11-13-22(33)14-12-18/h1-2,4,6-8,10-16,33H,3,5,9,17H2,(H,31,34)/b19-15-. The summed E-state index contributed by atoms with van der Waals surface area (Å²) in [7, 11) is 0. The van der Waals surface area contributed by atoms with Crippen LogP contribution in [0.15, 0.2) is 72.8 Å². The number of allylic oxidation sites excluding steroid dienone is 1. The number of aromatic hydroxyl groups is 1. The topological polar surface area (TPSA) is 88.5 Å². The van der Waals surface area contributed by atoms with Crippen molar-refractivity contribution < 1.29 is 19.4 Å². The Morgan fingerprint density at radius 2 is 1.83 bits per heavy atom. The third-order valence-corrected chi connectivity index (χ3v) is 6.72. The summed E-state index contributed by atoms with van der Waals surface area (Å²) in [6.45, 7) is -0.383. The van der Waals surface area contributed by atoms with Crippen LogP contribution in [-0.4, -0.2) is 28.6 Å².